The summed E-state index contributed by atoms with van der Waals surface area (Å²) < 4.78 is 10.4. The molecule has 0 spiro atoms. The molecule has 9 heteroatoms. The first-order valence-electron chi connectivity index (χ1n) is 9.76. The van der Waals surface area contributed by atoms with E-state index in [1.54, 1.807) is 73.8 Å². The molecule has 8 nitrogen and oxygen atoms in total. The van der Waals surface area contributed by atoms with Crippen molar-refractivity contribution < 1.29 is 23.9 Å². The Labute approximate surface area is 195 Å². The van der Waals surface area contributed by atoms with Crippen LogP contribution in [0.15, 0.2) is 77.9 Å². The molecule has 2 amide bonds. The number of rotatable bonds is 8. The summed E-state index contributed by atoms with van der Waals surface area (Å²) in [6.45, 7) is -0.262. The van der Waals surface area contributed by atoms with Gasteiger partial charge in [0.25, 0.3) is 11.8 Å². The van der Waals surface area contributed by atoms with E-state index >= 15 is 0 Å². The van der Waals surface area contributed by atoms with Crippen LogP contribution in [0.5, 0.6) is 11.5 Å². The Hall–Kier alpha value is -4.17. The Bertz CT molecular complexity index is 1180. The zero-order valence-corrected chi connectivity index (χ0v) is 18.3. The average Bonchev–Trinajstić information content (AvgIpc) is 2.83. The highest BCUT2D eigenvalue weighted by Gasteiger charge is 2.10. The third kappa shape index (κ3) is 7.19. The summed E-state index contributed by atoms with van der Waals surface area (Å²) in [5, 5.41) is 6.76. The number of halogens is 1. The minimum Gasteiger partial charge on any atom is -0.497 e. The molecule has 33 heavy (non-hydrogen) atoms. The predicted octanol–water partition coefficient (Wildman–Crippen LogP) is 3.45. The minimum atomic E-state index is -0.518. The lowest BCUT2D eigenvalue weighted by Crippen LogP contribution is -2.34. The van der Waals surface area contributed by atoms with Crippen LogP contribution in [0.3, 0.4) is 0 Å². The van der Waals surface area contributed by atoms with Gasteiger partial charge >= 0.3 is 5.97 Å². The number of methoxy groups -OCH3 is 1. The second-order valence-corrected chi connectivity index (χ2v) is 7.11. The molecule has 2 N–H and O–H groups in total. The van der Waals surface area contributed by atoms with Gasteiger partial charge in [0.05, 0.1) is 25.4 Å². The Morgan fingerprint density at radius 2 is 1.70 bits per heavy atom. The highest BCUT2D eigenvalue weighted by atomic mass is 35.5. The second kappa shape index (κ2) is 11.4. The first kappa shape index (κ1) is 23.5. The van der Waals surface area contributed by atoms with E-state index in [0.29, 0.717) is 33.2 Å². The molecule has 0 saturated heterocycles. The molecule has 3 rings (SSSR count). The molecule has 0 fully saturated rings. The van der Waals surface area contributed by atoms with E-state index < -0.39 is 17.8 Å². The number of hydrazone groups is 1. The van der Waals surface area contributed by atoms with Crippen molar-refractivity contribution in [3.8, 4) is 11.5 Å². The maximum absolute atomic E-state index is 12.3. The Morgan fingerprint density at radius 1 is 0.939 bits per heavy atom. The normalized spacial score (nSPS) is 10.5. The summed E-state index contributed by atoms with van der Waals surface area (Å²) in [6.07, 6.45) is 1.39. The van der Waals surface area contributed by atoms with Crippen LogP contribution in [0.4, 0.5) is 0 Å². The molecule has 0 atom stereocenters. The van der Waals surface area contributed by atoms with Crippen LogP contribution >= 0.6 is 11.6 Å². The maximum Gasteiger partial charge on any atom is 0.343 e. The molecular weight excluding hydrogens is 446 g/mol. The van der Waals surface area contributed by atoms with Crippen molar-refractivity contribution in [1.29, 1.82) is 0 Å². The molecular formula is C24H20ClN3O5. The van der Waals surface area contributed by atoms with Crippen LogP contribution in [0.25, 0.3) is 0 Å². The monoisotopic (exact) mass is 465 g/mol. The van der Waals surface area contributed by atoms with Crippen molar-refractivity contribution in [2.24, 2.45) is 5.10 Å². The quantitative estimate of drug-likeness (QED) is 0.229. The fraction of sp³-hybridized carbons (Fsp3) is 0.0833. The number of esters is 1. The van der Waals surface area contributed by atoms with Gasteiger partial charge in [-0.15, -0.1) is 0 Å². The van der Waals surface area contributed by atoms with Crippen molar-refractivity contribution in [3.05, 3.63) is 94.5 Å². The van der Waals surface area contributed by atoms with Crippen molar-refractivity contribution in [1.82, 2.24) is 10.7 Å². The molecule has 0 aromatic heterocycles. The van der Waals surface area contributed by atoms with E-state index in [2.05, 4.69) is 15.8 Å². The van der Waals surface area contributed by atoms with Crippen LogP contribution in [0.1, 0.15) is 26.3 Å². The number of carbonyl (C=O) groups is 3. The number of ether oxygens (including phenoxy) is 2. The zero-order valence-electron chi connectivity index (χ0n) is 17.6. The molecule has 3 aromatic rings. The molecule has 0 heterocycles. The lowest BCUT2D eigenvalue weighted by molar-refractivity contribution is -0.120. The molecule has 0 bridgehead atoms. The van der Waals surface area contributed by atoms with Crippen LogP contribution in [0, 0.1) is 0 Å². The van der Waals surface area contributed by atoms with Crippen LogP contribution in [0.2, 0.25) is 5.02 Å². The third-order valence-corrected chi connectivity index (χ3v) is 4.53. The van der Waals surface area contributed by atoms with Gasteiger partial charge in [-0.3, -0.25) is 9.59 Å². The minimum absolute atomic E-state index is 0.262. The van der Waals surface area contributed by atoms with Gasteiger partial charge in [-0.25, -0.2) is 10.2 Å². The highest BCUT2D eigenvalue weighted by Crippen LogP contribution is 2.16. The standard InChI is InChI=1S/C24H20ClN3O5/c1-32-20-10-8-17(9-11-20)24(31)33-21-7-2-4-16(12-21)14-27-28-22(29)15-26-23(30)18-5-3-6-19(25)13-18/h2-14H,15H2,1H3,(H,26,30)(H,28,29). The largest absolute Gasteiger partial charge is 0.497 e. The van der Waals surface area contributed by atoms with Gasteiger partial charge in [-0.05, 0) is 60.2 Å². The molecule has 0 aliphatic carbocycles. The predicted molar refractivity (Wildman–Crippen MR) is 124 cm³/mol. The van der Waals surface area contributed by atoms with Crippen molar-refractivity contribution in [2.45, 2.75) is 0 Å². The van der Waals surface area contributed by atoms with Gasteiger partial charge in [0.15, 0.2) is 0 Å². The van der Waals surface area contributed by atoms with Crippen molar-refractivity contribution in [2.75, 3.05) is 13.7 Å². The summed E-state index contributed by atoms with van der Waals surface area (Å²) >= 11 is 5.85. The smallest absolute Gasteiger partial charge is 0.343 e. The zero-order chi connectivity index (χ0) is 23.6. The lowest BCUT2D eigenvalue weighted by atomic mass is 10.2. The van der Waals surface area contributed by atoms with Crippen molar-refractivity contribution in [3.63, 3.8) is 0 Å². The first-order valence-corrected chi connectivity index (χ1v) is 10.1. The molecule has 0 saturated carbocycles. The molecule has 0 radical (unpaired) electrons. The van der Waals surface area contributed by atoms with E-state index in [9.17, 15) is 14.4 Å². The van der Waals surface area contributed by atoms with E-state index in [0.717, 1.165) is 0 Å². The van der Waals surface area contributed by atoms with Crippen LogP contribution < -0.4 is 20.2 Å². The highest BCUT2D eigenvalue weighted by molar-refractivity contribution is 6.31. The Kier molecular flexibility index (Phi) is 8.15. The summed E-state index contributed by atoms with van der Waals surface area (Å²) in [4.78, 5) is 36.2. The van der Waals surface area contributed by atoms with E-state index in [4.69, 9.17) is 21.1 Å². The Balaban J connectivity index is 1.49. The molecule has 0 aliphatic heterocycles. The number of nitrogens with zero attached hydrogens (tertiary/aromatic N) is 1. The fourth-order valence-electron chi connectivity index (χ4n) is 2.66. The number of nitrogens with one attached hydrogen (secondary N) is 2. The van der Waals surface area contributed by atoms with E-state index in [-0.39, 0.29) is 6.54 Å². The van der Waals surface area contributed by atoms with Crippen LogP contribution in [-0.2, 0) is 4.79 Å². The van der Waals surface area contributed by atoms with Gasteiger partial charge in [0.2, 0.25) is 0 Å². The number of carbonyl (C=O) groups excluding carboxylic acids is 3. The number of hydrogen-bond donors (Lipinski definition) is 2. The van der Waals surface area contributed by atoms with Gasteiger partial charge < -0.3 is 14.8 Å². The summed E-state index contributed by atoms with van der Waals surface area (Å²) in [6, 6.07) is 19.6. The molecule has 3 aromatic carbocycles. The molecule has 0 unspecified atom stereocenters. The van der Waals surface area contributed by atoms with E-state index in [1.165, 1.54) is 12.3 Å². The van der Waals surface area contributed by atoms with E-state index in [1.807, 2.05) is 0 Å². The molecule has 168 valence electrons. The molecule has 0 aliphatic rings. The lowest BCUT2D eigenvalue weighted by Gasteiger charge is -2.06. The number of hydrogen-bond acceptors (Lipinski definition) is 6. The van der Waals surface area contributed by atoms with Gasteiger partial charge in [0, 0.05) is 10.6 Å². The maximum atomic E-state index is 12.3. The number of benzene rings is 3. The fourth-order valence-corrected chi connectivity index (χ4v) is 2.85. The first-order chi connectivity index (χ1) is 15.9. The topological polar surface area (TPSA) is 106 Å². The van der Waals surface area contributed by atoms with Gasteiger partial charge in [-0.2, -0.15) is 5.10 Å². The summed E-state index contributed by atoms with van der Waals surface area (Å²) in [5.74, 6) is -0.502. The third-order valence-electron chi connectivity index (χ3n) is 4.29. The average molecular weight is 466 g/mol. The second-order valence-electron chi connectivity index (χ2n) is 6.68. The summed E-state index contributed by atoms with van der Waals surface area (Å²) in [7, 11) is 1.54. The van der Waals surface area contributed by atoms with Gasteiger partial charge in [-0.1, -0.05) is 29.8 Å². The van der Waals surface area contributed by atoms with Gasteiger partial charge in [0.1, 0.15) is 11.5 Å². The van der Waals surface area contributed by atoms with Crippen LogP contribution in [-0.4, -0.2) is 37.7 Å². The van der Waals surface area contributed by atoms with Crippen molar-refractivity contribution >= 4 is 35.6 Å². The number of amides is 2. The SMILES string of the molecule is COc1ccc(C(=O)Oc2cccc(C=NNC(=O)CNC(=O)c3cccc(Cl)c3)c2)cc1. The Morgan fingerprint density at radius 3 is 2.42 bits per heavy atom. The summed E-state index contributed by atoms with van der Waals surface area (Å²) in [5.41, 5.74) is 3.64.